The van der Waals surface area contributed by atoms with Crippen LogP contribution in [0.3, 0.4) is 0 Å². The van der Waals surface area contributed by atoms with Gasteiger partial charge in [-0.3, -0.25) is 19.4 Å². The van der Waals surface area contributed by atoms with Crippen LogP contribution in [0.5, 0.6) is 0 Å². The fourth-order valence-corrected chi connectivity index (χ4v) is 6.58. The molecule has 1 N–H and O–H groups in total. The number of fused-ring (bicyclic) bond motifs is 1. The Balaban J connectivity index is 1.53. The van der Waals surface area contributed by atoms with Crippen LogP contribution in [0, 0.1) is 0 Å². The molecule has 9 nitrogen and oxygen atoms in total. The second kappa shape index (κ2) is 9.08. The molecule has 2 amide bonds. The number of nitrogens with zero attached hydrogens (tertiary/aromatic N) is 3. The standard InChI is InChI=1S/C21H24N4O5S2/c1-2-5-15(23-20(27)18-7-4-11-31-18)21(28)24-10-8-16-19(24)17(26)13-25(16)32(29,30)14-6-3-9-22-12-14/h3-4,6-7,9,11-12,15-16,19H,2,5,8,10,13H2,1H3,(H,23,27). The molecule has 4 rings (SSSR count). The van der Waals surface area contributed by atoms with Crippen molar-refractivity contribution in [1.29, 1.82) is 0 Å². The zero-order valence-corrected chi connectivity index (χ0v) is 19.1. The highest BCUT2D eigenvalue weighted by atomic mass is 32.2. The second-order valence-electron chi connectivity index (χ2n) is 7.83. The highest BCUT2D eigenvalue weighted by molar-refractivity contribution is 7.89. The van der Waals surface area contributed by atoms with Crippen LogP contribution in [0.15, 0.2) is 46.9 Å². The summed E-state index contributed by atoms with van der Waals surface area (Å²) in [7, 11) is -3.91. The lowest BCUT2D eigenvalue weighted by atomic mass is 10.1. The zero-order chi connectivity index (χ0) is 22.9. The fraction of sp³-hybridized carbons (Fsp3) is 0.429. The Bertz CT molecular complexity index is 1100. The third-order valence-corrected chi connectivity index (χ3v) is 8.55. The SMILES string of the molecule is CCCC(NC(=O)c1cccs1)C(=O)N1CCC2C1C(=O)CN2S(=O)(=O)c1cccnc1. The average Bonchev–Trinajstić information content (AvgIpc) is 3.52. The molecule has 2 aromatic rings. The van der Waals surface area contributed by atoms with Crippen molar-refractivity contribution < 1.29 is 22.8 Å². The average molecular weight is 477 g/mol. The van der Waals surface area contributed by atoms with Gasteiger partial charge in [0.25, 0.3) is 5.91 Å². The maximum Gasteiger partial charge on any atom is 0.261 e. The van der Waals surface area contributed by atoms with E-state index in [1.54, 1.807) is 17.5 Å². The monoisotopic (exact) mass is 476 g/mol. The number of likely N-dealkylation sites (tertiary alicyclic amines) is 1. The van der Waals surface area contributed by atoms with Crippen LogP contribution in [0.1, 0.15) is 35.9 Å². The van der Waals surface area contributed by atoms with E-state index in [1.807, 2.05) is 6.92 Å². The molecule has 2 aromatic heterocycles. The third kappa shape index (κ3) is 4.07. The third-order valence-electron chi connectivity index (χ3n) is 5.83. The molecule has 11 heteroatoms. The number of hydrogen-bond acceptors (Lipinski definition) is 7. The summed E-state index contributed by atoms with van der Waals surface area (Å²) in [6.45, 7) is 1.89. The Labute approximate surface area is 190 Å². The summed E-state index contributed by atoms with van der Waals surface area (Å²) in [5.41, 5.74) is 0. The van der Waals surface area contributed by atoms with Crippen molar-refractivity contribution in [3.8, 4) is 0 Å². The smallest absolute Gasteiger partial charge is 0.261 e. The van der Waals surface area contributed by atoms with Gasteiger partial charge in [-0.1, -0.05) is 19.4 Å². The van der Waals surface area contributed by atoms with Crippen LogP contribution in [0.2, 0.25) is 0 Å². The van der Waals surface area contributed by atoms with E-state index in [0.29, 0.717) is 24.1 Å². The predicted octanol–water partition coefficient (Wildman–Crippen LogP) is 1.28. The molecule has 3 atom stereocenters. The normalized spacial score (nSPS) is 22.0. The quantitative estimate of drug-likeness (QED) is 0.644. The Morgan fingerprint density at radius 1 is 1.31 bits per heavy atom. The highest BCUT2D eigenvalue weighted by Crippen LogP contribution is 2.34. The van der Waals surface area contributed by atoms with Crippen molar-refractivity contribution >= 4 is 39.0 Å². The van der Waals surface area contributed by atoms with Gasteiger partial charge in [0.1, 0.15) is 17.0 Å². The largest absolute Gasteiger partial charge is 0.340 e. The maximum absolute atomic E-state index is 13.3. The molecule has 2 saturated heterocycles. The number of Topliss-reactive ketones (excluding diaryl/α,β-unsaturated/α-hetero) is 1. The van der Waals surface area contributed by atoms with Crippen molar-refractivity contribution in [3.63, 3.8) is 0 Å². The van der Waals surface area contributed by atoms with Gasteiger partial charge in [-0.15, -0.1) is 11.3 Å². The van der Waals surface area contributed by atoms with Crippen LogP contribution in [-0.2, 0) is 19.6 Å². The molecule has 4 heterocycles. The van der Waals surface area contributed by atoms with Gasteiger partial charge in [-0.2, -0.15) is 4.31 Å². The van der Waals surface area contributed by atoms with E-state index in [0.717, 1.165) is 0 Å². The number of nitrogens with one attached hydrogen (secondary N) is 1. The van der Waals surface area contributed by atoms with Crippen molar-refractivity contribution in [2.45, 2.75) is 49.2 Å². The summed E-state index contributed by atoms with van der Waals surface area (Å²) in [5, 5.41) is 4.57. The molecule has 0 bridgehead atoms. The summed E-state index contributed by atoms with van der Waals surface area (Å²) in [5.74, 6) is -0.993. The molecule has 2 fully saturated rings. The number of aromatic nitrogens is 1. The number of amides is 2. The molecule has 0 saturated carbocycles. The molecular weight excluding hydrogens is 452 g/mol. The first-order valence-corrected chi connectivity index (χ1v) is 12.8. The van der Waals surface area contributed by atoms with Crippen LogP contribution in [0.4, 0.5) is 0 Å². The predicted molar refractivity (Wildman–Crippen MR) is 118 cm³/mol. The van der Waals surface area contributed by atoms with Crippen molar-refractivity contribution in [3.05, 3.63) is 46.9 Å². The van der Waals surface area contributed by atoms with E-state index in [1.165, 1.54) is 45.1 Å². The lowest BCUT2D eigenvalue weighted by Gasteiger charge is -2.28. The molecule has 2 aliphatic heterocycles. The fourth-order valence-electron chi connectivity index (χ4n) is 4.36. The first-order valence-electron chi connectivity index (χ1n) is 10.4. The molecule has 0 aliphatic carbocycles. The van der Waals surface area contributed by atoms with Gasteiger partial charge in [0.15, 0.2) is 5.78 Å². The van der Waals surface area contributed by atoms with Gasteiger partial charge in [0, 0.05) is 18.9 Å². The Morgan fingerprint density at radius 3 is 2.78 bits per heavy atom. The topological polar surface area (TPSA) is 117 Å². The van der Waals surface area contributed by atoms with Crippen molar-refractivity contribution in [1.82, 2.24) is 19.5 Å². The van der Waals surface area contributed by atoms with Crippen LogP contribution in [0.25, 0.3) is 0 Å². The molecule has 0 radical (unpaired) electrons. The number of pyridine rings is 1. The van der Waals surface area contributed by atoms with Crippen LogP contribution in [-0.4, -0.2) is 71.4 Å². The van der Waals surface area contributed by atoms with Gasteiger partial charge in [0.2, 0.25) is 15.9 Å². The number of carbonyl (C=O) groups excluding carboxylic acids is 3. The number of hydrogen-bond donors (Lipinski definition) is 1. The van der Waals surface area contributed by atoms with Crippen molar-refractivity contribution in [2.24, 2.45) is 0 Å². The number of carbonyl (C=O) groups is 3. The lowest BCUT2D eigenvalue weighted by molar-refractivity contribution is -0.138. The lowest BCUT2D eigenvalue weighted by Crippen LogP contribution is -2.52. The summed E-state index contributed by atoms with van der Waals surface area (Å²) in [4.78, 5) is 44.5. The number of rotatable bonds is 7. The van der Waals surface area contributed by atoms with Crippen molar-refractivity contribution in [2.75, 3.05) is 13.1 Å². The summed E-state index contributed by atoms with van der Waals surface area (Å²) in [6.07, 6.45) is 4.18. The van der Waals surface area contributed by atoms with E-state index >= 15 is 0 Å². The second-order valence-corrected chi connectivity index (χ2v) is 10.7. The molecule has 2 aliphatic rings. The highest BCUT2D eigenvalue weighted by Gasteiger charge is 2.54. The molecule has 170 valence electrons. The van der Waals surface area contributed by atoms with E-state index < -0.39 is 28.1 Å². The summed E-state index contributed by atoms with van der Waals surface area (Å²) < 4.78 is 27.4. The molecule has 0 aromatic carbocycles. The molecule has 0 spiro atoms. The minimum atomic E-state index is -3.91. The van der Waals surface area contributed by atoms with E-state index in [-0.39, 0.29) is 35.6 Å². The van der Waals surface area contributed by atoms with Gasteiger partial charge >= 0.3 is 0 Å². The minimum Gasteiger partial charge on any atom is -0.340 e. The summed E-state index contributed by atoms with van der Waals surface area (Å²) >= 11 is 1.28. The van der Waals surface area contributed by atoms with Crippen LogP contribution < -0.4 is 5.32 Å². The molecule has 32 heavy (non-hydrogen) atoms. The summed E-state index contributed by atoms with van der Waals surface area (Å²) in [6, 6.07) is 4.17. The van der Waals surface area contributed by atoms with E-state index in [9.17, 15) is 22.8 Å². The number of ketones is 1. The molecular formula is C21H24N4O5S2. The number of sulfonamides is 1. The van der Waals surface area contributed by atoms with Crippen LogP contribution >= 0.6 is 11.3 Å². The first-order chi connectivity index (χ1) is 15.3. The van der Waals surface area contributed by atoms with E-state index in [2.05, 4.69) is 10.3 Å². The van der Waals surface area contributed by atoms with E-state index in [4.69, 9.17) is 0 Å². The Morgan fingerprint density at radius 2 is 2.12 bits per heavy atom. The van der Waals surface area contributed by atoms with Gasteiger partial charge in [0.05, 0.1) is 17.5 Å². The first kappa shape index (κ1) is 22.6. The van der Waals surface area contributed by atoms with Gasteiger partial charge < -0.3 is 10.2 Å². The zero-order valence-electron chi connectivity index (χ0n) is 17.5. The minimum absolute atomic E-state index is 0.0188. The Kier molecular flexibility index (Phi) is 6.40. The Hall–Kier alpha value is -2.63. The maximum atomic E-state index is 13.3. The number of thiophene rings is 1. The molecule has 3 unspecified atom stereocenters. The van der Waals surface area contributed by atoms with Gasteiger partial charge in [-0.05, 0) is 36.4 Å². The van der Waals surface area contributed by atoms with Gasteiger partial charge in [-0.25, -0.2) is 8.42 Å².